The highest BCUT2D eigenvalue weighted by atomic mass is 32.1. The van der Waals surface area contributed by atoms with Gasteiger partial charge in [-0.2, -0.15) is 11.3 Å². The van der Waals surface area contributed by atoms with E-state index in [0.717, 1.165) is 43.7 Å². The van der Waals surface area contributed by atoms with Gasteiger partial charge in [0.05, 0.1) is 6.33 Å². The minimum Gasteiger partial charge on any atom is -0.349 e. The summed E-state index contributed by atoms with van der Waals surface area (Å²) >= 11 is 1.55. The smallest absolute Gasteiger partial charge is 0.252 e. The van der Waals surface area contributed by atoms with Crippen molar-refractivity contribution in [2.24, 2.45) is 0 Å². The monoisotopic (exact) mass is 290 g/mol. The van der Waals surface area contributed by atoms with Gasteiger partial charge in [-0.15, -0.1) is 0 Å². The molecule has 3 rings (SSSR count). The van der Waals surface area contributed by atoms with E-state index in [1.807, 2.05) is 23.0 Å². The summed E-state index contributed by atoms with van der Waals surface area (Å²) in [6.45, 7) is 2.92. The molecule has 0 atom stereocenters. The molecule has 1 saturated heterocycles. The molecule has 0 aromatic carbocycles. The van der Waals surface area contributed by atoms with E-state index in [1.54, 1.807) is 17.7 Å². The summed E-state index contributed by atoms with van der Waals surface area (Å²) in [5, 5.41) is 6.95. The molecule has 1 fully saturated rings. The Morgan fingerprint density at radius 1 is 1.50 bits per heavy atom. The zero-order valence-corrected chi connectivity index (χ0v) is 12.0. The summed E-state index contributed by atoms with van der Waals surface area (Å²) in [6.07, 6.45) is 5.58. The van der Waals surface area contributed by atoms with Gasteiger partial charge in [-0.25, -0.2) is 4.98 Å². The molecule has 0 unspecified atom stereocenters. The van der Waals surface area contributed by atoms with Crippen LogP contribution in [-0.2, 0) is 6.54 Å². The normalized spacial score (nSPS) is 17.2. The van der Waals surface area contributed by atoms with Crippen molar-refractivity contribution < 1.29 is 4.79 Å². The van der Waals surface area contributed by atoms with Crippen LogP contribution in [0.3, 0.4) is 0 Å². The van der Waals surface area contributed by atoms with Gasteiger partial charge in [-0.3, -0.25) is 9.69 Å². The van der Waals surface area contributed by atoms with Gasteiger partial charge in [-0.05, 0) is 24.3 Å². The quantitative estimate of drug-likeness (QED) is 0.903. The molecule has 1 aliphatic heterocycles. The Hall–Kier alpha value is -1.66. The Morgan fingerprint density at radius 2 is 2.35 bits per heavy atom. The first-order chi connectivity index (χ1) is 9.81. The first-order valence-electron chi connectivity index (χ1n) is 6.84. The molecule has 0 aliphatic carbocycles. The Labute approximate surface area is 122 Å². The van der Waals surface area contributed by atoms with Crippen molar-refractivity contribution in [2.45, 2.75) is 25.4 Å². The number of rotatable bonds is 4. The van der Waals surface area contributed by atoms with Crippen LogP contribution < -0.4 is 5.32 Å². The average molecular weight is 290 g/mol. The Kier molecular flexibility index (Phi) is 4.13. The zero-order chi connectivity index (χ0) is 13.8. The molecule has 3 heterocycles. The van der Waals surface area contributed by atoms with Crippen molar-refractivity contribution in [1.82, 2.24) is 20.2 Å². The maximum Gasteiger partial charge on any atom is 0.252 e. The topological polar surface area (TPSA) is 61.0 Å². The number of H-pyrrole nitrogens is 1. The fourth-order valence-electron chi connectivity index (χ4n) is 2.51. The number of nitrogens with one attached hydrogen (secondary N) is 2. The molecule has 0 bridgehead atoms. The number of imidazole rings is 1. The third-order valence-electron chi connectivity index (χ3n) is 3.65. The molecule has 6 heteroatoms. The standard InChI is InChI=1S/C14H18N4OS/c19-14(11-3-6-20-9-11)17-12-1-4-18(5-2-12)8-13-7-15-10-16-13/h3,6-7,9-10,12H,1-2,4-5,8H2,(H,15,16)(H,17,19). The molecular formula is C14H18N4OS. The summed E-state index contributed by atoms with van der Waals surface area (Å²) in [5.74, 6) is 0.0540. The van der Waals surface area contributed by atoms with Crippen LogP contribution in [0.15, 0.2) is 29.4 Å². The van der Waals surface area contributed by atoms with Crippen molar-refractivity contribution in [3.05, 3.63) is 40.6 Å². The molecule has 106 valence electrons. The number of piperidine rings is 1. The molecule has 2 aromatic heterocycles. The summed E-state index contributed by atoms with van der Waals surface area (Å²) < 4.78 is 0. The molecule has 2 N–H and O–H groups in total. The van der Waals surface area contributed by atoms with Crippen LogP contribution in [0.4, 0.5) is 0 Å². The second-order valence-corrected chi connectivity index (χ2v) is 5.89. The number of aromatic nitrogens is 2. The molecule has 2 aromatic rings. The van der Waals surface area contributed by atoms with E-state index in [9.17, 15) is 4.79 Å². The molecule has 0 saturated carbocycles. The average Bonchev–Trinajstić information content (AvgIpc) is 3.13. The van der Waals surface area contributed by atoms with Crippen molar-refractivity contribution in [3.8, 4) is 0 Å². The van der Waals surface area contributed by atoms with Crippen LogP contribution in [0, 0.1) is 0 Å². The maximum atomic E-state index is 12.0. The van der Waals surface area contributed by atoms with Crippen LogP contribution in [0.25, 0.3) is 0 Å². The molecule has 20 heavy (non-hydrogen) atoms. The first kappa shape index (κ1) is 13.3. The number of amides is 1. The summed E-state index contributed by atoms with van der Waals surface area (Å²) in [4.78, 5) is 21.5. The SMILES string of the molecule is O=C(NC1CCN(Cc2cnc[nH]2)CC1)c1ccsc1. The van der Waals surface area contributed by atoms with E-state index < -0.39 is 0 Å². The van der Waals surface area contributed by atoms with Gasteiger partial charge in [0.25, 0.3) is 5.91 Å². The molecular weight excluding hydrogens is 272 g/mol. The van der Waals surface area contributed by atoms with E-state index in [2.05, 4.69) is 20.2 Å². The maximum absolute atomic E-state index is 12.0. The largest absolute Gasteiger partial charge is 0.349 e. The molecule has 1 aliphatic rings. The lowest BCUT2D eigenvalue weighted by atomic mass is 10.0. The highest BCUT2D eigenvalue weighted by molar-refractivity contribution is 7.08. The Bertz CT molecular complexity index is 530. The Morgan fingerprint density at radius 3 is 3.00 bits per heavy atom. The van der Waals surface area contributed by atoms with E-state index in [0.29, 0.717) is 6.04 Å². The number of hydrogen-bond acceptors (Lipinski definition) is 4. The number of nitrogens with zero attached hydrogens (tertiary/aromatic N) is 2. The third kappa shape index (κ3) is 3.26. The minimum absolute atomic E-state index is 0.0540. The van der Waals surface area contributed by atoms with Gasteiger partial charge >= 0.3 is 0 Å². The van der Waals surface area contributed by atoms with Crippen molar-refractivity contribution in [2.75, 3.05) is 13.1 Å². The van der Waals surface area contributed by atoms with Crippen molar-refractivity contribution >= 4 is 17.2 Å². The highest BCUT2D eigenvalue weighted by Crippen LogP contribution is 2.14. The van der Waals surface area contributed by atoms with E-state index in [1.165, 1.54) is 0 Å². The fourth-order valence-corrected chi connectivity index (χ4v) is 3.15. The first-order valence-corrected chi connectivity index (χ1v) is 7.78. The second kappa shape index (κ2) is 6.19. The lowest BCUT2D eigenvalue weighted by Gasteiger charge is -2.31. The second-order valence-electron chi connectivity index (χ2n) is 5.11. The lowest BCUT2D eigenvalue weighted by Crippen LogP contribution is -2.44. The number of thiophene rings is 1. The van der Waals surface area contributed by atoms with Crippen LogP contribution in [0.2, 0.25) is 0 Å². The highest BCUT2D eigenvalue weighted by Gasteiger charge is 2.21. The van der Waals surface area contributed by atoms with Crippen LogP contribution in [0.1, 0.15) is 28.9 Å². The predicted molar refractivity (Wildman–Crippen MR) is 78.7 cm³/mol. The molecule has 0 radical (unpaired) electrons. The van der Waals surface area contributed by atoms with Gasteiger partial charge in [0, 0.05) is 48.5 Å². The summed E-state index contributed by atoms with van der Waals surface area (Å²) in [5.41, 5.74) is 1.92. The zero-order valence-electron chi connectivity index (χ0n) is 11.2. The van der Waals surface area contributed by atoms with E-state index in [4.69, 9.17) is 0 Å². The van der Waals surface area contributed by atoms with E-state index >= 15 is 0 Å². The van der Waals surface area contributed by atoms with Gasteiger partial charge in [-0.1, -0.05) is 0 Å². The molecule has 0 spiro atoms. The van der Waals surface area contributed by atoms with Gasteiger partial charge in [0.2, 0.25) is 0 Å². The molecule has 1 amide bonds. The molecule has 5 nitrogen and oxygen atoms in total. The number of aromatic amines is 1. The lowest BCUT2D eigenvalue weighted by molar-refractivity contribution is 0.0909. The van der Waals surface area contributed by atoms with Gasteiger partial charge < -0.3 is 10.3 Å². The van der Waals surface area contributed by atoms with Crippen molar-refractivity contribution in [1.29, 1.82) is 0 Å². The number of carbonyl (C=O) groups is 1. The van der Waals surface area contributed by atoms with Crippen LogP contribution in [-0.4, -0.2) is 39.9 Å². The third-order valence-corrected chi connectivity index (χ3v) is 4.34. The summed E-state index contributed by atoms with van der Waals surface area (Å²) in [6, 6.07) is 2.16. The van der Waals surface area contributed by atoms with Gasteiger partial charge in [0.15, 0.2) is 0 Å². The fraction of sp³-hybridized carbons (Fsp3) is 0.429. The summed E-state index contributed by atoms with van der Waals surface area (Å²) in [7, 11) is 0. The van der Waals surface area contributed by atoms with Crippen LogP contribution in [0.5, 0.6) is 0 Å². The number of likely N-dealkylation sites (tertiary alicyclic amines) is 1. The van der Waals surface area contributed by atoms with E-state index in [-0.39, 0.29) is 5.91 Å². The number of hydrogen-bond donors (Lipinski definition) is 2. The van der Waals surface area contributed by atoms with Crippen LogP contribution >= 0.6 is 11.3 Å². The van der Waals surface area contributed by atoms with Crippen molar-refractivity contribution in [3.63, 3.8) is 0 Å². The van der Waals surface area contributed by atoms with Gasteiger partial charge in [0.1, 0.15) is 0 Å². The Balaban J connectivity index is 1.45. The number of carbonyl (C=O) groups excluding carboxylic acids is 1. The predicted octanol–water partition coefficient (Wildman–Crippen LogP) is 1.87. The minimum atomic E-state index is 0.0540.